The van der Waals surface area contributed by atoms with Crippen molar-refractivity contribution in [1.82, 2.24) is 4.98 Å². The number of rotatable bonds is 4. The molecule has 0 radical (unpaired) electrons. The molecule has 0 fully saturated rings. The second kappa shape index (κ2) is 6.88. The van der Waals surface area contributed by atoms with E-state index in [1.54, 1.807) is 0 Å². The van der Waals surface area contributed by atoms with Crippen LogP contribution in [0.3, 0.4) is 0 Å². The third-order valence-electron chi connectivity index (χ3n) is 4.24. The van der Waals surface area contributed by atoms with Gasteiger partial charge in [-0.15, -0.1) is 0 Å². The SMILES string of the molecule is CCC(CC)C(=O)Nc1nc2cc(C(C)(C)C)ccc2cc1Cl. The Morgan fingerprint density at radius 1 is 1.22 bits per heavy atom. The highest BCUT2D eigenvalue weighted by molar-refractivity contribution is 6.34. The number of amides is 1. The van der Waals surface area contributed by atoms with Gasteiger partial charge in [0, 0.05) is 11.3 Å². The Morgan fingerprint density at radius 3 is 2.43 bits per heavy atom. The summed E-state index contributed by atoms with van der Waals surface area (Å²) < 4.78 is 0. The minimum Gasteiger partial charge on any atom is -0.309 e. The van der Waals surface area contributed by atoms with E-state index in [9.17, 15) is 4.79 Å². The number of anilines is 1. The number of fused-ring (bicyclic) bond motifs is 1. The Morgan fingerprint density at radius 2 is 1.87 bits per heavy atom. The number of hydrogen-bond acceptors (Lipinski definition) is 2. The lowest BCUT2D eigenvalue weighted by Gasteiger charge is -2.19. The lowest BCUT2D eigenvalue weighted by atomic mass is 9.86. The van der Waals surface area contributed by atoms with Gasteiger partial charge in [0.05, 0.1) is 10.5 Å². The predicted molar refractivity (Wildman–Crippen MR) is 98.2 cm³/mol. The largest absolute Gasteiger partial charge is 0.309 e. The zero-order valence-corrected chi connectivity index (χ0v) is 15.3. The summed E-state index contributed by atoms with van der Waals surface area (Å²) in [6.45, 7) is 10.5. The second-order valence-corrected chi connectivity index (χ2v) is 7.39. The van der Waals surface area contributed by atoms with E-state index < -0.39 is 0 Å². The fourth-order valence-corrected chi connectivity index (χ4v) is 2.78. The molecule has 124 valence electrons. The van der Waals surface area contributed by atoms with Crippen molar-refractivity contribution in [2.24, 2.45) is 5.92 Å². The molecule has 23 heavy (non-hydrogen) atoms. The van der Waals surface area contributed by atoms with Crippen LogP contribution >= 0.6 is 11.6 Å². The van der Waals surface area contributed by atoms with Gasteiger partial charge in [-0.2, -0.15) is 0 Å². The van der Waals surface area contributed by atoms with Crippen LogP contribution in [0, 0.1) is 5.92 Å². The number of pyridine rings is 1. The van der Waals surface area contributed by atoms with E-state index in [4.69, 9.17) is 11.6 Å². The third kappa shape index (κ3) is 4.03. The maximum Gasteiger partial charge on any atom is 0.228 e. The molecule has 0 bridgehead atoms. The molecule has 0 aliphatic carbocycles. The fourth-order valence-electron chi connectivity index (χ4n) is 2.57. The van der Waals surface area contributed by atoms with Gasteiger partial charge in [0.1, 0.15) is 0 Å². The molecular formula is C19H25ClN2O. The summed E-state index contributed by atoms with van der Waals surface area (Å²) in [7, 11) is 0. The molecule has 0 atom stereocenters. The van der Waals surface area contributed by atoms with Crippen LogP contribution in [0.5, 0.6) is 0 Å². The van der Waals surface area contributed by atoms with Gasteiger partial charge in [0.2, 0.25) is 5.91 Å². The average molecular weight is 333 g/mol. The lowest BCUT2D eigenvalue weighted by molar-refractivity contribution is -0.120. The summed E-state index contributed by atoms with van der Waals surface area (Å²) in [4.78, 5) is 16.9. The number of aromatic nitrogens is 1. The minimum absolute atomic E-state index is 0.00975. The minimum atomic E-state index is -0.0178. The molecule has 1 heterocycles. The summed E-state index contributed by atoms with van der Waals surface area (Å²) in [5.41, 5.74) is 2.10. The van der Waals surface area contributed by atoms with Gasteiger partial charge < -0.3 is 5.32 Å². The zero-order valence-electron chi connectivity index (χ0n) is 14.5. The van der Waals surface area contributed by atoms with Gasteiger partial charge in [0.15, 0.2) is 5.82 Å². The summed E-state index contributed by atoms with van der Waals surface area (Å²) in [5, 5.41) is 4.33. The van der Waals surface area contributed by atoms with Crippen LogP contribution in [0.2, 0.25) is 5.02 Å². The van der Waals surface area contributed by atoms with E-state index in [1.165, 1.54) is 5.56 Å². The molecule has 3 nitrogen and oxygen atoms in total. The Bertz CT molecular complexity index is 715. The topological polar surface area (TPSA) is 42.0 Å². The average Bonchev–Trinajstić information content (AvgIpc) is 2.47. The molecule has 4 heteroatoms. The fraction of sp³-hybridized carbons (Fsp3) is 0.474. The van der Waals surface area contributed by atoms with Crippen molar-refractivity contribution in [3.05, 3.63) is 34.9 Å². The van der Waals surface area contributed by atoms with Crippen LogP contribution in [-0.4, -0.2) is 10.9 Å². The molecule has 0 saturated carbocycles. The van der Waals surface area contributed by atoms with E-state index in [0.29, 0.717) is 10.8 Å². The molecule has 2 aromatic rings. The first kappa shape index (κ1) is 17.7. The van der Waals surface area contributed by atoms with Crippen LogP contribution < -0.4 is 5.32 Å². The Hall–Kier alpha value is -1.61. The van der Waals surface area contributed by atoms with Gasteiger partial charge in [-0.05, 0) is 36.0 Å². The Kier molecular flexibility index (Phi) is 5.30. The van der Waals surface area contributed by atoms with Crippen LogP contribution in [0.15, 0.2) is 24.3 Å². The highest BCUT2D eigenvalue weighted by Crippen LogP contribution is 2.29. The maximum atomic E-state index is 12.3. The van der Waals surface area contributed by atoms with Crippen LogP contribution in [0.25, 0.3) is 10.9 Å². The van der Waals surface area contributed by atoms with E-state index in [2.05, 4.69) is 43.2 Å². The summed E-state index contributed by atoms with van der Waals surface area (Å²) in [5.74, 6) is 0.419. The Labute approximate surface area is 143 Å². The molecule has 0 spiro atoms. The molecule has 0 aliphatic rings. The van der Waals surface area contributed by atoms with Crippen LogP contribution in [0.1, 0.15) is 53.0 Å². The van der Waals surface area contributed by atoms with E-state index in [0.717, 1.165) is 23.7 Å². The molecule has 1 aromatic carbocycles. The van der Waals surface area contributed by atoms with Crippen molar-refractivity contribution in [2.75, 3.05) is 5.32 Å². The maximum absolute atomic E-state index is 12.3. The monoisotopic (exact) mass is 332 g/mol. The summed E-state index contributed by atoms with van der Waals surface area (Å²) in [6, 6.07) is 8.06. The number of nitrogens with one attached hydrogen (secondary N) is 1. The summed E-state index contributed by atoms with van der Waals surface area (Å²) >= 11 is 6.29. The molecule has 2 rings (SSSR count). The number of halogens is 1. The molecule has 1 amide bonds. The van der Waals surface area contributed by atoms with Crippen molar-refractivity contribution in [3.8, 4) is 0 Å². The van der Waals surface area contributed by atoms with Crippen molar-refractivity contribution in [3.63, 3.8) is 0 Å². The molecular weight excluding hydrogens is 308 g/mol. The summed E-state index contributed by atoms with van der Waals surface area (Å²) in [6.07, 6.45) is 1.61. The smallest absolute Gasteiger partial charge is 0.228 e. The molecule has 1 aromatic heterocycles. The van der Waals surface area contributed by atoms with Gasteiger partial charge >= 0.3 is 0 Å². The van der Waals surface area contributed by atoms with Crippen molar-refractivity contribution >= 4 is 34.2 Å². The quantitative estimate of drug-likeness (QED) is 0.796. The number of benzene rings is 1. The first-order valence-corrected chi connectivity index (χ1v) is 8.55. The van der Waals surface area contributed by atoms with E-state index in [1.807, 2.05) is 26.0 Å². The van der Waals surface area contributed by atoms with E-state index in [-0.39, 0.29) is 17.2 Å². The highest BCUT2D eigenvalue weighted by atomic mass is 35.5. The number of nitrogens with zero attached hydrogens (tertiary/aromatic N) is 1. The van der Waals surface area contributed by atoms with Gasteiger partial charge in [-0.3, -0.25) is 4.79 Å². The van der Waals surface area contributed by atoms with Crippen LogP contribution in [0.4, 0.5) is 5.82 Å². The Balaban J connectivity index is 2.40. The number of hydrogen-bond donors (Lipinski definition) is 1. The van der Waals surface area contributed by atoms with Crippen LogP contribution in [-0.2, 0) is 10.2 Å². The van der Waals surface area contributed by atoms with Gasteiger partial charge in [-0.25, -0.2) is 4.98 Å². The van der Waals surface area contributed by atoms with Gasteiger partial charge in [0.25, 0.3) is 0 Å². The van der Waals surface area contributed by atoms with Crippen molar-refractivity contribution < 1.29 is 4.79 Å². The zero-order chi connectivity index (χ0) is 17.2. The van der Waals surface area contributed by atoms with E-state index >= 15 is 0 Å². The predicted octanol–water partition coefficient (Wildman–Crippen LogP) is 5.56. The molecule has 0 saturated heterocycles. The second-order valence-electron chi connectivity index (χ2n) is 6.98. The molecule has 0 unspecified atom stereocenters. The molecule has 0 aliphatic heterocycles. The number of carbonyl (C=O) groups excluding carboxylic acids is 1. The van der Waals surface area contributed by atoms with Crippen molar-refractivity contribution in [1.29, 1.82) is 0 Å². The molecule has 1 N–H and O–H groups in total. The first-order chi connectivity index (χ1) is 10.8. The normalized spacial score (nSPS) is 12.0. The highest BCUT2D eigenvalue weighted by Gasteiger charge is 2.18. The first-order valence-electron chi connectivity index (χ1n) is 8.18. The third-order valence-corrected chi connectivity index (χ3v) is 4.52. The lowest BCUT2D eigenvalue weighted by Crippen LogP contribution is -2.22. The van der Waals surface area contributed by atoms with Crippen molar-refractivity contribution in [2.45, 2.75) is 52.9 Å². The number of carbonyl (C=O) groups is 1. The van der Waals surface area contributed by atoms with Gasteiger partial charge in [-0.1, -0.05) is 58.4 Å². The standard InChI is InChI=1S/C19H25ClN2O/c1-6-12(7-2)18(23)22-17-15(20)10-13-8-9-14(19(3,4)5)11-16(13)21-17/h8-12H,6-7H2,1-5H3,(H,21,22,23).